The number of piperidine rings is 1. The second-order valence-electron chi connectivity index (χ2n) is 7.72. The lowest BCUT2D eigenvalue weighted by Gasteiger charge is -2.31. The molecule has 7 heteroatoms. The molecule has 0 unspecified atom stereocenters. The zero-order chi connectivity index (χ0) is 21.8. The van der Waals surface area contributed by atoms with Gasteiger partial charge in [-0.25, -0.2) is 8.42 Å². The zero-order valence-corrected chi connectivity index (χ0v) is 17.9. The fourth-order valence-electron chi connectivity index (χ4n) is 4.08. The van der Waals surface area contributed by atoms with Gasteiger partial charge in [-0.2, -0.15) is 4.31 Å². The van der Waals surface area contributed by atoms with Crippen LogP contribution in [0.3, 0.4) is 0 Å². The summed E-state index contributed by atoms with van der Waals surface area (Å²) in [6.07, 6.45) is 1.47. The monoisotopic (exact) mass is 439 g/mol. The smallest absolute Gasteiger partial charge is 0.306 e. The van der Waals surface area contributed by atoms with Crippen molar-refractivity contribution in [2.24, 2.45) is 0 Å². The van der Waals surface area contributed by atoms with E-state index in [4.69, 9.17) is 9.84 Å². The van der Waals surface area contributed by atoms with E-state index < -0.39 is 16.0 Å². The van der Waals surface area contributed by atoms with Crippen molar-refractivity contribution in [1.82, 2.24) is 4.31 Å². The molecular formula is C24H25NO5S. The first kappa shape index (κ1) is 21.3. The van der Waals surface area contributed by atoms with Crippen LogP contribution in [0.2, 0.25) is 0 Å². The van der Waals surface area contributed by atoms with Gasteiger partial charge in [0.25, 0.3) is 0 Å². The summed E-state index contributed by atoms with van der Waals surface area (Å²) < 4.78 is 33.6. The Morgan fingerprint density at radius 1 is 0.968 bits per heavy atom. The number of carboxylic acids is 1. The third kappa shape index (κ3) is 4.73. The van der Waals surface area contributed by atoms with Crippen molar-refractivity contribution in [2.45, 2.75) is 30.1 Å². The summed E-state index contributed by atoms with van der Waals surface area (Å²) in [5.41, 5.74) is 1.15. The molecule has 6 nitrogen and oxygen atoms in total. The molecule has 1 fully saturated rings. The van der Waals surface area contributed by atoms with Gasteiger partial charge in [0.2, 0.25) is 10.0 Å². The van der Waals surface area contributed by atoms with Crippen LogP contribution in [0.5, 0.6) is 5.75 Å². The second-order valence-corrected chi connectivity index (χ2v) is 9.62. The van der Waals surface area contributed by atoms with Crippen LogP contribution >= 0.6 is 0 Å². The Labute approximate surface area is 182 Å². The van der Waals surface area contributed by atoms with E-state index >= 15 is 0 Å². The maximum atomic E-state index is 13.3. The molecule has 162 valence electrons. The molecule has 0 saturated carbocycles. The molecule has 0 bridgehead atoms. The van der Waals surface area contributed by atoms with Gasteiger partial charge < -0.3 is 9.84 Å². The predicted octanol–water partition coefficient (Wildman–Crippen LogP) is 4.26. The van der Waals surface area contributed by atoms with Crippen LogP contribution in [0.1, 0.15) is 30.7 Å². The number of benzene rings is 3. The molecular weight excluding hydrogens is 414 g/mol. The van der Waals surface area contributed by atoms with Crippen LogP contribution in [0, 0.1) is 0 Å². The summed E-state index contributed by atoms with van der Waals surface area (Å²) in [4.78, 5) is 10.9. The minimum absolute atomic E-state index is 0.0363. The molecule has 1 heterocycles. The Hall–Kier alpha value is -2.90. The highest BCUT2D eigenvalue weighted by Crippen LogP contribution is 2.33. The molecule has 31 heavy (non-hydrogen) atoms. The lowest BCUT2D eigenvalue weighted by atomic mass is 9.90. The molecule has 0 amide bonds. The van der Waals surface area contributed by atoms with Gasteiger partial charge in [-0.1, -0.05) is 48.5 Å². The van der Waals surface area contributed by atoms with E-state index in [9.17, 15) is 13.2 Å². The number of ether oxygens (including phenoxy) is 1. The largest absolute Gasteiger partial charge is 0.493 e. The number of nitrogens with zero attached hydrogens (tertiary/aromatic N) is 1. The maximum Gasteiger partial charge on any atom is 0.306 e. The van der Waals surface area contributed by atoms with E-state index in [0.717, 1.165) is 29.2 Å². The highest BCUT2D eigenvalue weighted by molar-refractivity contribution is 7.89. The zero-order valence-electron chi connectivity index (χ0n) is 17.1. The van der Waals surface area contributed by atoms with Crippen LogP contribution in [-0.4, -0.2) is 43.5 Å². The fraction of sp³-hybridized carbons (Fsp3) is 0.292. The summed E-state index contributed by atoms with van der Waals surface area (Å²) in [6.45, 7) is 1.10. The van der Waals surface area contributed by atoms with E-state index in [0.29, 0.717) is 23.7 Å². The summed E-state index contributed by atoms with van der Waals surface area (Å²) in [5.74, 6) is 0.0369. The summed E-state index contributed by atoms with van der Waals surface area (Å²) in [6, 6.07) is 20.6. The number of carboxylic acid groups (broad SMARTS) is 1. The van der Waals surface area contributed by atoms with Gasteiger partial charge in [0.15, 0.2) is 0 Å². The van der Waals surface area contributed by atoms with Crippen LogP contribution in [0.15, 0.2) is 71.6 Å². The molecule has 3 aromatic rings. The summed E-state index contributed by atoms with van der Waals surface area (Å²) in [5, 5.41) is 10.4. The minimum Gasteiger partial charge on any atom is -0.493 e. The Bertz CT molecular complexity index is 1160. The second kappa shape index (κ2) is 9.08. The number of aliphatic carboxylic acids is 1. The van der Waals surface area contributed by atoms with Crippen molar-refractivity contribution >= 4 is 26.8 Å². The minimum atomic E-state index is -3.55. The van der Waals surface area contributed by atoms with Crippen LogP contribution in [0.25, 0.3) is 10.8 Å². The van der Waals surface area contributed by atoms with Crippen LogP contribution in [0.4, 0.5) is 0 Å². The number of rotatable bonds is 7. The normalized spacial score (nSPS) is 15.7. The van der Waals surface area contributed by atoms with Gasteiger partial charge in [-0.05, 0) is 47.9 Å². The SMILES string of the molecule is O=C(O)CCOc1ccc(C2CCN(S(=O)(=O)c3cccc4ccccc34)CC2)cc1. The fourth-order valence-corrected chi connectivity index (χ4v) is 5.77. The summed E-state index contributed by atoms with van der Waals surface area (Å²) >= 11 is 0. The number of fused-ring (bicyclic) bond motifs is 1. The molecule has 0 aromatic heterocycles. The Kier molecular flexibility index (Phi) is 6.25. The highest BCUT2D eigenvalue weighted by Gasteiger charge is 2.30. The number of hydrogen-bond donors (Lipinski definition) is 1. The summed E-state index contributed by atoms with van der Waals surface area (Å²) in [7, 11) is -3.55. The van der Waals surface area contributed by atoms with Crippen LogP contribution < -0.4 is 4.74 Å². The molecule has 1 aliphatic rings. The van der Waals surface area contributed by atoms with E-state index in [1.165, 1.54) is 0 Å². The highest BCUT2D eigenvalue weighted by atomic mass is 32.2. The quantitative estimate of drug-likeness (QED) is 0.595. The molecule has 0 aliphatic carbocycles. The van der Waals surface area contributed by atoms with Gasteiger partial charge in [0, 0.05) is 18.5 Å². The first-order valence-corrected chi connectivity index (χ1v) is 11.8. The Balaban J connectivity index is 1.42. The molecule has 0 spiro atoms. The molecule has 0 radical (unpaired) electrons. The van der Waals surface area contributed by atoms with E-state index in [-0.39, 0.29) is 18.9 Å². The number of hydrogen-bond acceptors (Lipinski definition) is 4. The van der Waals surface area contributed by atoms with Crippen LogP contribution in [-0.2, 0) is 14.8 Å². The number of sulfonamides is 1. The van der Waals surface area contributed by atoms with Crippen molar-refractivity contribution in [3.63, 3.8) is 0 Å². The van der Waals surface area contributed by atoms with Gasteiger partial charge in [0.05, 0.1) is 17.9 Å². The van der Waals surface area contributed by atoms with E-state index in [1.807, 2.05) is 54.6 Å². The molecule has 1 saturated heterocycles. The third-order valence-corrected chi connectivity index (χ3v) is 7.71. The van der Waals surface area contributed by atoms with Crippen molar-refractivity contribution in [3.8, 4) is 5.75 Å². The molecule has 1 aliphatic heterocycles. The van der Waals surface area contributed by atoms with Gasteiger partial charge in [-0.3, -0.25) is 4.79 Å². The molecule has 3 aromatic carbocycles. The average molecular weight is 440 g/mol. The Morgan fingerprint density at radius 3 is 2.35 bits per heavy atom. The first-order valence-electron chi connectivity index (χ1n) is 10.4. The van der Waals surface area contributed by atoms with Gasteiger partial charge >= 0.3 is 5.97 Å². The molecule has 1 N–H and O–H groups in total. The standard InChI is InChI=1S/C24H25NO5S/c26-24(27)14-17-30-21-10-8-18(9-11-21)19-12-15-25(16-13-19)31(28,29)23-7-3-5-20-4-1-2-6-22(20)23/h1-11,19H,12-17H2,(H,26,27). The molecule has 0 atom stereocenters. The third-order valence-electron chi connectivity index (χ3n) is 5.76. The van der Waals surface area contributed by atoms with Gasteiger partial charge in [-0.15, -0.1) is 0 Å². The van der Waals surface area contributed by atoms with Gasteiger partial charge in [0.1, 0.15) is 5.75 Å². The number of carbonyl (C=O) groups is 1. The van der Waals surface area contributed by atoms with E-state index in [2.05, 4.69) is 0 Å². The van der Waals surface area contributed by atoms with Crippen molar-refractivity contribution in [1.29, 1.82) is 0 Å². The predicted molar refractivity (Wildman–Crippen MR) is 119 cm³/mol. The van der Waals surface area contributed by atoms with Crippen molar-refractivity contribution < 1.29 is 23.1 Å². The molecule has 4 rings (SSSR count). The average Bonchev–Trinajstić information content (AvgIpc) is 2.79. The van der Waals surface area contributed by atoms with E-state index in [1.54, 1.807) is 16.4 Å². The van der Waals surface area contributed by atoms with Crippen molar-refractivity contribution in [2.75, 3.05) is 19.7 Å². The lowest BCUT2D eigenvalue weighted by Crippen LogP contribution is -2.38. The maximum absolute atomic E-state index is 13.3. The van der Waals surface area contributed by atoms with Crippen molar-refractivity contribution in [3.05, 3.63) is 72.3 Å². The lowest BCUT2D eigenvalue weighted by molar-refractivity contribution is -0.137. The Morgan fingerprint density at radius 2 is 1.65 bits per heavy atom. The first-order chi connectivity index (χ1) is 14.9. The topological polar surface area (TPSA) is 83.9 Å².